The van der Waals surface area contributed by atoms with Gasteiger partial charge in [0, 0.05) is 19.6 Å². The van der Waals surface area contributed by atoms with E-state index in [4.69, 9.17) is 5.11 Å². The number of aliphatic hydroxyl groups is 1. The molecule has 0 spiro atoms. The van der Waals surface area contributed by atoms with Gasteiger partial charge in [-0.05, 0) is 13.8 Å². The maximum atomic E-state index is 11.4. The molecular formula is C8H16N2O2. The highest BCUT2D eigenvalue weighted by atomic mass is 16.3. The molecule has 0 aromatic carbocycles. The SMILES string of the molecule is CC(O)CNC(=O)C1(C)CNC1. The van der Waals surface area contributed by atoms with Gasteiger partial charge in [0.2, 0.25) is 5.91 Å². The average Bonchev–Trinajstić information content (AvgIpc) is 1.95. The fraction of sp³-hybridized carbons (Fsp3) is 0.875. The predicted octanol–water partition coefficient (Wildman–Crippen LogP) is -0.907. The zero-order chi connectivity index (χ0) is 9.19. The Balaban J connectivity index is 2.28. The Morgan fingerprint density at radius 3 is 2.67 bits per heavy atom. The van der Waals surface area contributed by atoms with E-state index in [1.165, 1.54) is 0 Å². The summed E-state index contributed by atoms with van der Waals surface area (Å²) in [6, 6.07) is 0. The van der Waals surface area contributed by atoms with Crippen LogP contribution in [0, 0.1) is 5.41 Å². The van der Waals surface area contributed by atoms with Crippen LogP contribution in [0.25, 0.3) is 0 Å². The molecule has 1 atom stereocenters. The molecular weight excluding hydrogens is 156 g/mol. The molecule has 1 aliphatic rings. The largest absolute Gasteiger partial charge is 0.392 e. The third kappa shape index (κ3) is 1.95. The molecule has 1 unspecified atom stereocenters. The molecule has 4 nitrogen and oxygen atoms in total. The van der Waals surface area contributed by atoms with Gasteiger partial charge in [0.15, 0.2) is 0 Å². The second kappa shape index (κ2) is 3.41. The average molecular weight is 172 g/mol. The van der Waals surface area contributed by atoms with Crippen molar-refractivity contribution < 1.29 is 9.90 Å². The lowest BCUT2D eigenvalue weighted by Gasteiger charge is -2.37. The Morgan fingerprint density at radius 2 is 2.33 bits per heavy atom. The minimum Gasteiger partial charge on any atom is -0.392 e. The molecule has 1 fully saturated rings. The summed E-state index contributed by atoms with van der Waals surface area (Å²) in [6.07, 6.45) is -0.467. The van der Waals surface area contributed by atoms with E-state index in [2.05, 4.69) is 10.6 Å². The number of carbonyl (C=O) groups excluding carboxylic acids is 1. The summed E-state index contributed by atoms with van der Waals surface area (Å²) >= 11 is 0. The first-order chi connectivity index (χ1) is 5.54. The summed E-state index contributed by atoms with van der Waals surface area (Å²) in [5, 5.41) is 14.7. The second-order valence-corrected chi connectivity index (χ2v) is 3.72. The molecule has 12 heavy (non-hydrogen) atoms. The highest BCUT2D eigenvalue weighted by molar-refractivity contribution is 5.83. The second-order valence-electron chi connectivity index (χ2n) is 3.72. The van der Waals surface area contributed by atoms with Gasteiger partial charge in [0.25, 0.3) is 0 Å². The van der Waals surface area contributed by atoms with Crippen LogP contribution in [0.1, 0.15) is 13.8 Å². The lowest BCUT2D eigenvalue weighted by Crippen LogP contribution is -2.60. The van der Waals surface area contributed by atoms with E-state index in [0.717, 1.165) is 13.1 Å². The Hall–Kier alpha value is -0.610. The first-order valence-electron chi connectivity index (χ1n) is 4.22. The number of nitrogens with one attached hydrogen (secondary N) is 2. The summed E-state index contributed by atoms with van der Waals surface area (Å²) in [5.74, 6) is 0.0298. The smallest absolute Gasteiger partial charge is 0.228 e. The maximum absolute atomic E-state index is 11.4. The summed E-state index contributed by atoms with van der Waals surface area (Å²) in [6.45, 7) is 5.38. The normalized spacial score (nSPS) is 22.6. The van der Waals surface area contributed by atoms with E-state index in [1.54, 1.807) is 6.92 Å². The molecule has 0 saturated carbocycles. The van der Waals surface area contributed by atoms with Crippen molar-refractivity contribution in [2.45, 2.75) is 20.0 Å². The van der Waals surface area contributed by atoms with Gasteiger partial charge >= 0.3 is 0 Å². The van der Waals surface area contributed by atoms with Crippen molar-refractivity contribution in [2.24, 2.45) is 5.41 Å². The Bertz CT molecular complexity index is 176. The number of rotatable bonds is 3. The highest BCUT2D eigenvalue weighted by Gasteiger charge is 2.38. The summed E-state index contributed by atoms with van der Waals surface area (Å²) < 4.78 is 0. The Kier molecular flexibility index (Phi) is 2.69. The molecule has 0 radical (unpaired) electrons. The number of hydrogen-bond donors (Lipinski definition) is 3. The number of hydrogen-bond acceptors (Lipinski definition) is 3. The van der Waals surface area contributed by atoms with Crippen LogP contribution < -0.4 is 10.6 Å². The van der Waals surface area contributed by atoms with Crippen molar-refractivity contribution in [2.75, 3.05) is 19.6 Å². The first kappa shape index (κ1) is 9.48. The van der Waals surface area contributed by atoms with Gasteiger partial charge in [-0.1, -0.05) is 0 Å². The molecule has 1 amide bonds. The van der Waals surface area contributed by atoms with E-state index in [9.17, 15) is 4.79 Å². The lowest BCUT2D eigenvalue weighted by molar-refractivity contribution is -0.133. The molecule has 1 rings (SSSR count). The van der Waals surface area contributed by atoms with Gasteiger partial charge in [-0.25, -0.2) is 0 Å². The van der Waals surface area contributed by atoms with Gasteiger partial charge in [-0.2, -0.15) is 0 Å². The molecule has 0 aromatic rings. The molecule has 0 aromatic heterocycles. The van der Waals surface area contributed by atoms with Crippen molar-refractivity contribution in [1.29, 1.82) is 0 Å². The molecule has 1 heterocycles. The Morgan fingerprint density at radius 1 is 1.75 bits per heavy atom. The van der Waals surface area contributed by atoms with Crippen LogP contribution in [0.5, 0.6) is 0 Å². The standard InChI is InChI=1S/C8H16N2O2/c1-6(11)3-10-7(12)8(2)4-9-5-8/h6,9,11H,3-5H2,1-2H3,(H,10,12). The van der Waals surface area contributed by atoms with Crippen molar-refractivity contribution in [1.82, 2.24) is 10.6 Å². The number of carbonyl (C=O) groups is 1. The molecule has 3 N–H and O–H groups in total. The minimum atomic E-state index is -0.467. The van der Waals surface area contributed by atoms with Crippen LogP contribution in [0.3, 0.4) is 0 Å². The predicted molar refractivity (Wildman–Crippen MR) is 45.7 cm³/mol. The van der Waals surface area contributed by atoms with Crippen molar-refractivity contribution >= 4 is 5.91 Å². The van der Waals surface area contributed by atoms with Gasteiger partial charge in [-0.3, -0.25) is 4.79 Å². The van der Waals surface area contributed by atoms with Crippen LogP contribution in [-0.4, -0.2) is 36.8 Å². The monoisotopic (exact) mass is 172 g/mol. The highest BCUT2D eigenvalue weighted by Crippen LogP contribution is 2.20. The molecule has 0 bridgehead atoms. The molecule has 1 aliphatic heterocycles. The molecule has 70 valence electrons. The zero-order valence-corrected chi connectivity index (χ0v) is 7.55. The van der Waals surface area contributed by atoms with Crippen molar-refractivity contribution in [3.8, 4) is 0 Å². The van der Waals surface area contributed by atoms with Gasteiger partial charge in [0.1, 0.15) is 0 Å². The van der Waals surface area contributed by atoms with E-state index in [0.29, 0.717) is 6.54 Å². The first-order valence-corrected chi connectivity index (χ1v) is 4.22. The van der Waals surface area contributed by atoms with Crippen molar-refractivity contribution in [3.05, 3.63) is 0 Å². The van der Waals surface area contributed by atoms with E-state index < -0.39 is 6.10 Å². The van der Waals surface area contributed by atoms with Crippen molar-refractivity contribution in [3.63, 3.8) is 0 Å². The number of aliphatic hydroxyl groups excluding tert-OH is 1. The molecule has 4 heteroatoms. The minimum absolute atomic E-state index is 0.0298. The zero-order valence-electron chi connectivity index (χ0n) is 7.55. The summed E-state index contributed by atoms with van der Waals surface area (Å²) in [5.41, 5.74) is -0.255. The maximum Gasteiger partial charge on any atom is 0.228 e. The summed E-state index contributed by atoms with van der Waals surface area (Å²) in [4.78, 5) is 11.4. The van der Waals surface area contributed by atoms with Crippen LogP contribution in [0.2, 0.25) is 0 Å². The van der Waals surface area contributed by atoms with Crippen LogP contribution in [0.15, 0.2) is 0 Å². The number of amides is 1. The van der Waals surface area contributed by atoms with Gasteiger partial charge < -0.3 is 15.7 Å². The third-order valence-corrected chi connectivity index (χ3v) is 2.14. The Labute approximate surface area is 72.3 Å². The van der Waals surface area contributed by atoms with E-state index >= 15 is 0 Å². The van der Waals surface area contributed by atoms with E-state index in [-0.39, 0.29) is 11.3 Å². The summed E-state index contributed by atoms with van der Waals surface area (Å²) in [7, 11) is 0. The van der Waals surface area contributed by atoms with Crippen LogP contribution in [-0.2, 0) is 4.79 Å². The fourth-order valence-corrected chi connectivity index (χ4v) is 1.11. The fourth-order valence-electron chi connectivity index (χ4n) is 1.11. The molecule has 1 saturated heterocycles. The van der Waals surface area contributed by atoms with Gasteiger partial charge in [-0.15, -0.1) is 0 Å². The lowest BCUT2D eigenvalue weighted by atomic mass is 9.83. The van der Waals surface area contributed by atoms with E-state index in [1.807, 2.05) is 6.92 Å². The topological polar surface area (TPSA) is 61.4 Å². The van der Waals surface area contributed by atoms with Crippen LogP contribution in [0.4, 0.5) is 0 Å². The quantitative estimate of drug-likeness (QED) is 0.516. The van der Waals surface area contributed by atoms with Crippen LogP contribution >= 0.6 is 0 Å². The van der Waals surface area contributed by atoms with Gasteiger partial charge in [0.05, 0.1) is 11.5 Å². The molecule has 0 aliphatic carbocycles. The third-order valence-electron chi connectivity index (χ3n) is 2.14.